The Balaban J connectivity index is 3.13. The van der Waals surface area contributed by atoms with Crippen molar-refractivity contribution < 1.29 is 13.2 Å². The Morgan fingerprint density at radius 3 is 2.43 bits per heavy atom. The number of halogens is 2. The molecular weight excluding hydrogens is 333 g/mol. The lowest BCUT2D eigenvalue weighted by atomic mass is 10.1. The van der Waals surface area contributed by atoms with Gasteiger partial charge < -0.3 is 4.90 Å². The first-order chi connectivity index (χ1) is 9.68. The quantitative estimate of drug-likeness (QED) is 0.577. The number of carbonyl (C=O) groups is 1. The van der Waals surface area contributed by atoms with Crippen LogP contribution in [0.5, 0.6) is 0 Å². The second kappa shape index (κ2) is 7.47. The molecule has 0 saturated heterocycles. The fourth-order valence-corrected chi connectivity index (χ4v) is 3.54. The van der Waals surface area contributed by atoms with Crippen LogP contribution in [0.4, 0.5) is 0 Å². The fraction of sp³-hybridized carbons (Fsp3) is 0.500. The van der Waals surface area contributed by atoms with Gasteiger partial charge >= 0.3 is 0 Å². The van der Waals surface area contributed by atoms with E-state index in [4.69, 9.17) is 22.3 Å². The van der Waals surface area contributed by atoms with E-state index in [9.17, 15) is 13.2 Å². The van der Waals surface area contributed by atoms with Crippen molar-refractivity contribution in [3.63, 3.8) is 0 Å². The van der Waals surface area contributed by atoms with E-state index in [1.54, 1.807) is 18.9 Å². The number of rotatable bonds is 6. The molecule has 0 heterocycles. The Morgan fingerprint density at radius 1 is 1.29 bits per heavy atom. The van der Waals surface area contributed by atoms with E-state index in [-0.39, 0.29) is 21.4 Å². The lowest BCUT2D eigenvalue weighted by Gasteiger charge is -2.19. The molecule has 0 radical (unpaired) electrons. The summed E-state index contributed by atoms with van der Waals surface area (Å²) >= 11 is 5.91. The highest BCUT2D eigenvalue weighted by Gasteiger charge is 2.22. The van der Waals surface area contributed by atoms with E-state index < -0.39 is 9.05 Å². The van der Waals surface area contributed by atoms with Gasteiger partial charge in [-0.25, -0.2) is 8.42 Å². The van der Waals surface area contributed by atoms with E-state index >= 15 is 0 Å². The van der Waals surface area contributed by atoms with Crippen molar-refractivity contribution in [2.75, 3.05) is 13.6 Å². The van der Waals surface area contributed by atoms with Crippen LogP contribution in [0, 0.1) is 6.92 Å². The maximum absolute atomic E-state index is 12.4. The van der Waals surface area contributed by atoms with Crippen LogP contribution in [0.2, 0.25) is 5.02 Å². The molecule has 21 heavy (non-hydrogen) atoms. The first kappa shape index (κ1) is 18.3. The van der Waals surface area contributed by atoms with Crippen LogP contribution >= 0.6 is 22.3 Å². The van der Waals surface area contributed by atoms with Gasteiger partial charge in [0.15, 0.2) is 0 Å². The highest BCUT2D eigenvalue weighted by atomic mass is 35.7. The van der Waals surface area contributed by atoms with E-state index in [2.05, 4.69) is 6.92 Å². The molecular formula is C14H19Cl2NO3S. The average molecular weight is 352 g/mol. The lowest BCUT2D eigenvalue weighted by molar-refractivity contribution is 0.0791. The molecule has 0 spiro atoms. The molecule has 0 bridgehead atoms. The third kappa shape index (κ3) is 4.87. The summed E-state index contributed by atoms with van der Waals surface area (Å²) in [6, 6.07) is 2.73. The second-order valence-electron chi connectivity index (χ2n) is 4.95. The molecule has 118 valence electrons. The van der Waals surface area contributed by atoms with Gasteiger partial charge in [0.1, 0.15) is 0 Å². The van der Waals surface area contributed by atoms with Crippen LogP contribution in [0.3, 0.4) is 0 Å². The smallest absolute Gasteiger partial charge is 0.261 e. The highest BCUT2D eigenvalue weighted by Crippen LogP contribution is 2.27. The van der Waals surface area contributed by atoms with Crippen LogP contribution in [0.25, 0.3) is 0 Å². The van der Waals surface area contributed by atoms with Crippen molar-refractivity contribution in [3.05, 3.63) is 28.3 Å². The number of hydrogen-bond acceptors (Lipinski definition) is 3. The van der Waals surface area contributed by atoms with Gasteiger partial charge in [-0.1, -0.05) is 31.4 Å². The van der Waals surface area contributed by atoms with Gasteiger partial charge in [-0.05, 0) is 31.0 Å². The van der Waals surface area contributed by atoms with Crippen LogP contribution in [0.15, 0.2) is 17.0 Å². The highest BCUT2D eigenvalue weighted by molar-refractivity contribution is 8.13. The summed E-state index contributed by atoms with van der Waals surface area (Å²) in [7, 11) is 3.13. The number of benzene rings is 1. The number of nitrogens with zero attached hydrogens (tertiary/aromatic N) is 1. The molecule has 1 aromatic carbocycles. The van der Waals surface area contributed by atoms with E-state index in [1.165, 1.54) is 12.1 Å². The Labute approximate surface area is 135 Å². The van der Waals surface area contributed by atoms with E-state index in [0.717, 1.165) is 19.3 Å². The first-order valence-electron chi connectivity index (χ1n) is 6.68. The number of hydrogen-bond donors (Lipinski definition) is 0. The van der Waals surface area contributed by atoms with Crippen molar-refractivity contribution in [1.82, 2.24) is 4.90 Å². The predicted octanol–water partition coefficient (Wildman–Crippen LogP) is 3.84. The number of unbranched alkanes of at least 4 members (excludes halogenated alkanes) is 2. The molecule has 0 aliphatic rings. The van der Waals surface area contributed by atoms with Crippen molar-refractivity contribution in [2.24, 2.45) is 0 Å². The lowest BCUT2D eigenvalue weighted by Crippen LogP contribution is -2.28. The summed E-state index contributed by atoms with van der Waals surface area (Å²) in [5.41, 5.74) is 0.586. The molecule has 0 atom stereocenters. The summed E-state index contributed by atoms with van der Waals surface area (Å²) in [5.74, 6) is -0.257. The standard InChI is InChI=1S/C14H19Cl2NO3S/c1-4-5-6-7-17(3)14(18)12-8-11(15)9-13(10(12)2)21(16,19)20/h8-9H,4-7H2,1-3H3. The summed E-state index contributed by atoms with van der Waals surface area (Å²) in [4.78, 5) is 13.9. The first-order valence-corrected chi connectivity index (χ1v) is 9.37. The van der Waals surface area contributed by atoms with Crippen LogP contribution in [0.1, 0.15) is 42.1 Å². The molecule has 0 unspecified atom stereocenters. The third-order valence-corrected chi connectivity index (χ3v) is 4.93. The molecule has 0 fully saturated rings. The Kier molecular flexibility index (Phi) is 6.50. The molecule has 7 heteroatoms. The minimum Gasteiger partial charge on any atom is -0.342 e. The summed E-state index contributed by atoms with van der Waals surface area (Å²) in [6.07, 6.45) is 3.00. The molecule has 0 N–H and O–H groups in total. The van der Waals surface area contributed by atoms with Gasteiger partial charge in [0.25, 0.3) is 15.0 Å². The van der Waals surface area contributed by atoms with Gasteiger partial charge in [-0.15, -0.1) is 0 Å². The van der Waals surface area contributed by atoms with Crippen molar-refractivity contribution in [2.45, 2.75) is 38.0 Å². The Bertz CT molecular complexity index is 629. The normalized spacial score (nSPS) is 11.5. The number of amides is 1. The molecule has 1 rings (SSSR count). The van der Waals surface area contributed by atoms with Gasteiger partial charge in [-0.3, -0.25) is 4.79 Å². The Morgan fingerprint density at radius 2 is 1.90 bits per heavy atom. The van der Waals surface area contributed by atoms with Gasteiger partial charge in [0, 0.05) is 34.9 Å². The molecule has 4 nitrogen and oxygen atoms in total. The van der Waals surface area contributed by atoms with Crippen LogP contribution in [-0.2, 0) is 9.05 Å². The number of carbonyl (C=O) groups excluding carboxylic acids is 1. The van der Waals surface area contributed by atoms with Crippen LogP contribution in [-0.4, -0.2) is 32.8 Å². The van der Waals surface area contributed by atoms with E-state index in [1.807, 2.05) is 0 Å². The van der Waals surface area contributed by atoms with Crippen molar-refractivity contribution >= 4 is 37.2 Å². The minimum atomic E-state index is -3.94. The van der Waals surface area contributed by atoms with Gasteiger partial charge in [0.2, 0.25) is 0 Å². The van der Waals surface area contributed by atoms with Crippen LogP contribution < -0.4 is 0 Å². The molecule has 0 saturated carbocycles. The summed E-state index contributed by atoms with van der Waals surface area (Å²) in [6.45, 7) is 4.25. The zero-order chi connectivity index (χ0) is 16.2. The third-order valence-electron chi connectivity index (χ3n) is 3.26. The predicted molar refractivity (Wildman–Crippen MR) is 85.7 cm³/mol. The fourth-order valence-electron chi connectivity index (χ4n) is 2.04. The average Bonchev–Trinajstić information content (AvgIpc) is 2.39. The zero-order valence-electron chi connectivity index (χ0n) is 12.3. The van der Waals surface area contributed by atoms with E-state index in [0.29, 0.717) is 12.1 Å². The maximum atomic E-state index is 12.4. The zero-order valence-corrected chi connectivity index (χ0v) is 14.6. The monoisotopic (exact) mass is 351 g/mol. The summed E-state index contributed by atoms with van der Waals surface area (Å²) in [5, 5.41) is 0.171. The Hall–Kier alpha value is -0.780. The molecule has 1 amide bonds. The molecule has 0 aliphatic heterocycles. The van der Waals surface area contributed by atoms with Crippen molar-refractivity contribution in [3.8, 4) is 0 Å². The SMILES string of the molecule is CCCCCN(C)C(=O)c1cc(Cl)cc(S(=O)(=O)Cl)c1C. The van der Waals surface area contributed by atoms with Crippen molar-refractivity contribution in [1.29, 1.82) is 0 Å². The summed E-state index contributed by atoms with van der Waals surface area (Å²) < 4.78 is 23.1. The van der Waals surface area contributed by atoms with Gasteiger partial charge in [-0.2, -0.15) is 0 Å². The largest absolute Gasteiger partial charge is 0.342 e. The topological polar surface area (TPSA) is 54.5 Å². The molecule has 0 aliphatic carbocycles. The maximum Gasteiger partial charge on any atom is 0.261 e. The minimum absolute atomic E-state index is 0.123. The van der Waals surface area contributed by atoms with Gasteiger partial charge in [0.05, 0.1) is 4.90 Å². The molecule has 1 aromatic rings. The second-order valence-corrected chi connectivity index (χ2v) is 7.92. The molecule has 0 aromatic heterocycles.